The molecule has 2 nitrogen and oxygen atoms in total. The van der Waals surface area contributed by atoms with Crippen LogP contribution in [-0.2, 0) is 11.2 Å². The van der Waals surface area contributed by atoms with Gasteiger partial charge in [-0.25, -0.2) is 0 Å². The van der Waals surface area contributed by atoms with Gasteiger partial charge in [-0.3, -0.25) is 4.99 Å². The number of ether oxygens (including phenoxy) is 1. The second kappa shape index (κ2) is 8.28. The molecule has 0 bridgehead atoms. The zero-order valence-corrected chi connectivity index (χ0v) is 13.0. The first-order valence-electron chi connectivity index (χ1n) is 7.27. The zero-order valence-electron chi connectivity index (χ0n) is 12.2. The highest BCUT2D eigenvalue weighted by Gasteiger charge is 2.15. The summed E-state index contributed by atoms with van der Waals surface area (Å²) in [4.78, 5) is 5.17. The van der Waals surface area contributed by atoms with E-state index in [9.17, 15) is 0 Å². The highest BCUT2D eigenvalue weighted by molar-refractivity contribution is 8.03. The third-order valence-electron chi connectivity index (χ3n) is 3.62. The smallest absolute Gasteiger partial charge is 0.0471 e. The molecule has 2 rings (SSSR count). The van der Waals surface area contributed by atoms with Gasteiger partial charge in [-0.05, 0) is 42.4 Å². The number of nitrogens with zero attached hydrogens (tertiary/aromatic N) is 1. The Morgan fingerprint density at radius 1 is 1.35 bits per heavy atom. The van der Waals surface area contributed by atoms with E-state index in [-0.39, 0.29) is 0 Å². The molecule has 1 saturated heterocycles. The summed E-state index contributed by atoms with van der Waals surface area (Å²) >= 11 is 1.84. The summed E-state index contributed by atoms with van der Waals surface area (Å²) in [6.07, 6.45) is 5.12. The van der Waals surface area contributed by atoms with Gasteiger partial charge in [0.05, 0.1) is 0 Å². The van der Waals surface area contributed by atoms with Crippen LogP contribution < -0.4 is 0 Å². The maximum absolute atomic E-state index is 5.42. The number of rotatable bonds is 6. The third-order valence-corrected chi connectivity index (χ3v) is 4.53. The summed E-state index contributed by atoms with van der Waals surface area (Å²) < 4.78 is 5.42. The van der Waals surface area contributed by atoms with Crippen molar-refractivity contribution in [3.8, 4) is 0 Å². The van der Waals surface area contributed by atoms with Gasteiger partial charge in [-0.2, -0.15) is 0 Å². The Kier molecular flexibility index (Phi) is 6.34. The monoisotopic (exact) mass is 289 g/mol. The highest BCUT2D eigenvalue weighted by Crippen LogP contribution is 2.28. The molecule has 1 aliphatic rings. The fourth-order valence-electron chi connectivity index (χ4n) is 2.56. The molecule has 0 atom stereocenters. The maximum Gasteiger partial charge on any atom is 0.0471 e. The Morgan fingerprint density at radius 2 is 2.05 bits per heavy atom. The molecule has 0 saturated carbocycles. The van der Waals surface area contributed by atoms with Crippen LogP contribution in [0.15, 0.2) is 40.4 Å². The lowest BCUT2D eigenvalue weighted by Crippen LogP contribution is -2.13. The predicted molar refractivity (Wildman–Crippen MR) is 88.7 cm³/mol. The van der Waals surface area contributed by atoms with Gasteiger partial charge in [-0.15, -0.1) is 11.8 Å². The van der Waals surface area contributed by atoms with Crippen LogP contribution in [0.25, 0.3) is 0 Å². The minimum absolute atomic E-state index is 0.674. The molecule has 0 aromatic heterocycles. The van der Waals surface area contributed by atoms with Gasteiger partial charge >= 0.3 is 0 Å². The quantitative estimate of drug-likeness (QED) is 0.723. The standard InChI is InChI=1S/C17H23NOS/c1-3-20-17(13-18-2)12-14-4-6-15(7-5-14)16-8-10-19-11-9-16/h4-7,13,16H,2-3,8-12H2,1H3/b17-13-. The van der Waals surface area contributed by atoms with Crippen LogP contribution in [0.5, 0.6) is 0 Å². The van der Waals surface area contributed by atoms with E-state index in [0.29, 0.717) is 5.92 Å². The molecule has 108 valence electrons. The van der Waals surface area contributed by atoms with Crippen molar-refractivity contribution in [2.75, 3.05) is 19.0 Å². The van der Waals surface area contributed by atoms with Gasteiger partial charge in [0.1, 0.15) is 0 Å². The van der Waals surface area contributed by atoms with E-state index in [4.69, 9.17) is 4.74 Å². The van der Waals surface area contributed by atoms with Crippen molar-refractivity contribution in [1.82, 2.24) is 0 Å². The van der Waals surface area contributed by atoms with Crippen LogP contribution >= 0.6 is 11.8 Å². The van der Waals surface area contributed by atoms with Crippen molar-refractivity contribution < 1.29 is 4.74 Å². The van der Waals surface area contributed by atoms with E-state index in [1.807, 2.05) is 18.0 Å². The minimum atomic E-state index is 0.674. The summed E-state index contributed by atoms with van der Waals surface area (Å²) in [6.45, 7) is 7.51. The molecule has 1 heterocycles. The van der Waals surface area contributed by atoms with Crippen molar-refractivity contribution in [1.29, 1.82) is 0 Å². The highest BCUT2D eigenvalue weighted by atomic mass is 32.2. The topological polar surface area (TPSA) is 21.6 Å². The van der Waals surface area contributed by atoms with E-state index in [1.165, 1.54) is 16.0 Å². The van der Waals surface area contributed by atoms with E-state index in [2.05, 4.69) is 42.9 Å². The van der Waals surface area contributed by atoms with E-state index in [0.717, 1.165) is 38.2 Å². The molecule has 0 aliphatic carbocycles. The first kappa shape index (κ1) is 15.3. The lowest BCUT2D eigenvalue weighted by atomic mass is 9.91. The van der Waals surface area contributed by atoms with Crippen molar-refractivity contribution >= 4 is 18.5 Å². The third kappa shape index (κ3) is 4.50. The van der Waals surface area contributed by atoms with Crippen molar-refractivity contribution in [2.24, 2.45) is 4.99 Å². The van der Waals surface area contributed by atoms with E-state index < -0.39 is 0 Å². The van der Waals surface area contributed by atoms with Crippen LogP contribution in [0.3, 0.4) is 0 Å². The number of allylic oxidation sites excluding steroid dienone is 1. The largest absolute Gasteiger partial charge is 0.381 e. The van der Waals surface area contributed by atoms with E-state index >= 15 is 0 Å². The minimum Gasteiger partial charge on any atom is -0.381 e. The molecule has 0 unspecified atom stereocenters. The number of hydrogen-bond donors (Lipinski definition) is 0. The van der Waals surface area contributed by atoms with Crippen molar-refractivity contribution in [3.05, 3.63) is 46.5 Å². The molecule has 1 aliphatic heterocycles. The van der Waals surface area contributed by atoms with Crippen LogP contribution in [-0.4, -0.2) is 25.7 Å². The van der Waals surface area contributed by atoms with E-state index in [1.54, 1.807) is 0 Å². The van der Waals surface area contributed by atoms with Gasteiger partial charge in [-0.1, -0.05) is 31.2 Å². The molecule has 3 heteroatoms. The maximum atomic E-state index is 5.42. The molecule has 0 spiro atoms. The molecular weight excluding hydrogens is 266 g/mol. The Morgan fingerprint density at radius 3 is 2.65 bits per heavy atom. The Hall–Kier alpha value is -1.06. The SMILES string of the molecule is C=N/C=C(/Cc1ccc(C2CCOCC2)cc1)SCC. The molecular formula is C17H23NOS. The average Bonchev–Trinajstić information content (AvgIpc) is 2.49. The lowest BCUT2D eigenvalue weighted by Gasteiger charge is -2.22. The number of aliphatic imine (C=N–C) groups is 1. The van der Waals surface area contributed by atoms with Gasteiger partial charge in [0.15, 0.2) is 0 Å². The summed E-state index contributed by atoms with van der Waals surface area (Å²) in [5, 5.41) is 0. The van der Waals surface area contributed by atoms with Gasteiger partial charge in [0, 0.05) is 30.7 Å². The van der Waals surface area contributed by atoms with Crippen molar-refractivity contribution in [3.63, 3.8) is 0 Å². The zero-order chi connectivity index (χ0) is 14.2. The lowest BCUT2D eigenvalue weighted by molar-refractivity contribution is 0.0853. The summed E-state index contributed by atoms with van der Waals surface area (Å²) in [6, 6.07) is 9.05. The molecule has 1 fully saturated rings. The predicted octanol–water partition coefficient (Wildman–Crippen LogP) is 4.42. The average molecular weight is 289 g/mol. The Balaban J connectivity index is 2.00. The molecule has 0 amide bonds. The Bertz CT molecular complexity index is 447. The molecule has 1 aromatic carbocycles. The van der Waals surface area contributed by atoms with Gasteiger partial charge in [0.2, 0.25) is 0 Å². The molecule has 0 N–H and O–H groups in total. The Labute approximate surface area is 126 Å². The molecule has 20 heavy (non-hydrogen) atoms. The van der Waals surface area contributed by atoms with Gasteiger partial charge < -0.3 is 4.74 Å². The fourth-order valence-corrected chi connectivity index (χ4v) is 3.35. The fraction of sp³-hybridized carbons (Fsp3) is 0.471. The number of thioether (sulfide) groups is 1. The van der Waals surface area contributed by atoms with Crippen LogP contribution in [0.4, 0.5) is 0 Å². The molecule has 1 aromatic rings. The van der Waals surface area contributed by atoms with Crippen LogP contribution in [0.2, 0.25) is 0 Å². The normalized spacial score (nSPS) is 17.1. The van der Waals surface area contributed by atoms with Crippen molar-refractivity contribution in [2.45, 2.75) is 32.1 Å². The second-order valence-electron chi connectivity index (χ2n) is 5.02. The number of benzene rings is 1. The summed E-state index contributed by atoms with van der Waals surface area (Å²) in [5.41, 5.74) is 2.80. The number of hydrogen-bond acceptors (Lipinski definition) is 3. The van der Waals surface area contributed by atoms with Crippen LogP contribution in [0, 0.1) is 0 Å². The first-order chi connectivity index (χ1) is 9.83. The van der Waals surface area contributed by atoms with Crippen LogP contribution in [0.1, 0.15) is 36.8 Å². The second-order valence-corrected chi connectivity index (χ2v) is 6.41. The van der Waals surface area contributed by atoms with Gasteiger partial charge in [0.25, 0.3) is 0 Å². The molecule has 0 radical (unpaired) electrons. The first-order valence-corrected chi connectivity index (χ1v) is 8.26. The summed E-state index contributed by atoms with van der Waals surface area (Å²) in [7, 11) is 0. The summed E-state index contributed by atoms with van der Waals surface area (Å²) in [5.74, 6) is 1.74.